The lowest BCUT2D eigenvalue weighted by molar-refractivity contribution is -0.137. The molecular weight excluding hydrogens is 370 g/mol. The molecule has 26 heavy (non-hydrogen) atoms. The third-order valence-electron chi connectivity index (χ3n) is 4.28. The molecule has 1 aromatic heterocycles. The maximum atomic E-state index is 14.2. The first kappa shape index (κ1) is 16.9. The standard InChI is InChI=1S/C18H12ClF4N3/c19-13-6-5-10(18(21,22)23)9-15(13)26-17-12(7-8-24-17)16(25-26)11-3-1-2-4-14(11)20/h1-6,9,24H,7-8H2. The summed E-state index contributed by atoms with van der Waals surface area (Å²) in [5.41, 5.74) is 0.718. The SMILES string of the molecule is Fc1ccccc1-c1nn(-c2cc(C(F)(F)F)ccc2Cl)c2c1CCN2. The maximum Gasteiger partial charge on any atom is 0.416 e. The lowest BCUT2D eigenvalue weighted by atomic mass is 10.1. The molecule has 134 valence electrons. The molecule has 2 heterocycles. The lowest BCUT2D eigenvalue weighted by Gasteiger charge is -2.12. The van der Waals surface area contributed by atoms with Crippen molar-refractivity contribution in [3.63, 3.8) is 0 Å². The molecule has 0 radical (unpaired) electrons. The van der Waals surface area contributed by atoms with Gasteiger partial charge in [0.2, 0.25) is 0 Å². The summed E-state index contributed by atoms with van der Waals surface area (Å²) in [6, 6.07) is 9.21. The third kappa shape index (κ3) is 2.72. The highest BCUT2D eigenvalue weighted by Gasteiger charge is 2.32. The smallest absolute Gasteiger partial charge is 0.369 e. The Labute approximate surface area is 151 Å². The monoisotopic (exact) mass is 381 g/mol. The second-order valence-electron chi connectivity index (χ2n) is 5.91. The fourth-order valence-corrected chi connectivity index (χ4v) is 3.27. The quantitative estimate of drug-likeness (QED) is 0.609. The highest BCUT2D eigenvalue weighted by atomic mass is 35.5. The van der Waals surface area contributed by atoms with E-state index >= 15 is 0 Å². The van der Waals surface area contributed by atoms with Crippen LogP contribution in [0.4, 0.5) is 23.4 Å². The van der Waals surface area contributed by atoms with Crippen molar-refractivity contribution in [2.45, 2.75) is 12.6 Å². The van der Waals surface area contributed by atoms with Crippen molar-refractivity contribution in [3.05, 3.63) is 64.4 Å². The van der Waals surface area contributed by atoms with Crippen LogP contribution >= 0.6 is 11.6 Å². The van der Waals surface area contributed by atoms with E-state index in [1.807, 2.05) is 0 Å². The highest BCUT2D eigenvalue weighted by molar-refractivity contribution is 6.32. The fraction of sp³-hybridized carbons (Fsp3) is 0.167. The largest absolute Gasteiger partial charge is 0.416 e. The molecule has 0 fully saturated rings. The summed E-state index contributed by atoms with van der Waals surface area (Å²) in [6.07, 6.45) is -3.91. The number of nitrogens with one attached hydrogen (secondary N) is 1. The number of aromatic nitrogens is 2. The molecule has 8 heteroatoms. The molecular formula is C18H12ClF4N3. The van der Waals surface area contributed by atoms with Crippen LogP contribution < -0.4 is 5.32 Å². The molecule has 3 aromatic rings. The second-order valence-corrected chi connectivity index (χ2v) is 6.32. The number of rotatable bonds is 2. The number of nitrogens with zero attached hydrogens (tertiary/aromatic N) is 2. The van der Waals surface area contributed by atoms with E-state index in [2.05, 4.69) is 10.4 Å². The van der Waals surface area contributed by atoms with Crippen molar-refractivity contribution < 1.29 is 17.6 Å². The Morgan fingerprint density at radius 1 is 1.12 bits per heavy atom. The van der Waals surface area contributed by atoms with Crippen LogP contribution in [0.15, 0.2) is 42.5 Å². The number of alkyl halides is 3. The van der Waals surface area contributed by atoms with E-state index in [-0.39, 0.29) is 10.7 Å². The van der Waals surface area contributed by atoms with Gasteiger partial charge in [-0.3, -0.25) is 0 Å². The highest BCUT2D eigenvalue weighted by Crippen LogP contribution is 2.39. The average molecular weight is 382 g/mol. The maximum absolute atomic E-state index is 14.2. The Balaban J connectivity index is 1.93. The summed E-state index contributed by atoms with van der Waals surface area (Å²) < 4.78 is 54.8. The Kier molecular flexibility index (Phi) is 3.91. The molecule has 0 amide bonds. The van der Waals surface area contributed by atoms with Gasteiger partial charge in [-0.25, -0.2) is 9.07 Å². The van der Waals surface area contributed by atoms with Crippen LogP contribution in [0.2, 0.25) is 5.02 Å². The Morgan fingerprint density at radius 2 is 1.88 bits per heavy atom. The van der Waals surface area contributed by atoms with Gasteiger partial charge in [-0.1, -0.05) is 23.7 Å². The summed E-state index contributed by atoms with van der Waals surface area (Å²) in [5, 5.41) is 7.60. The molecule has 0 atom stereocenters. The van der Waals surface area contributed by atoms with Gasteiger partial charge in [0.15, 0.2) is 0 Å². The minimum atomic E-state index is -4.50. The molecule has 0 unspecified atom stereocenters. The van der Waals surface area contributed by atoms with Gasteiger partial charge in [0.1, 0.15) is 17.3 Å². The fourth-order valence-electron chi connectivity index (χ4n) is 3.07. The molecule has 0 aliphatic carbocycles. The van der Waals surface area contributed by atoms with E-state index in [4.69, 9.17) is 11.6 Å². The zero-order valence-corrected chi connectivity index (χ0v) is 14.0. The Morgan fingerprint density at radius 3 is 2.62 bits per heavy atom. The van der Waals surface area contributed by atoms with Gasteiger partial charge >= 0.3 is 6.18 Å². The Hall–Kier alpha value is -2.54. The van der Waals surface area contributed by atoms with Gasteiger partial charge < -0.3 is 5.32 Å². The first-order chi connectivity index (χ1) is 12.4. The van der Waals surface area contributed by atoms with Crippen molar-refractivity contribution in [2.24, 2.45) is 0 Å². The molecule has 3 nitrogen and oxygen atoms in total. The van der Waals surface area contributed by atoms with Crippen molar-refractivity contribution in [1.82, 2.24) is 9.78 Å². The summed E-state index contributed by atoms with van der Waals surface area (Å²) in [7, 11) is 0. The minimum Gasteiger partial charge on any atom is -0.369 e. The van der Waals surface area contributed by atoms with Crippen molar-refractivity contribution in [3.8, 4) is 16.9 Å². The predicted octanol–water partition coefficient (Wildman–Crippen LogP) is 5.32. The van der Waals surface area contributed by atoms with Gasteiger partial charge in [-0.15, -0.1) is 0 Å². The number of halogens is 5. The zero-order valence-electron chi connectivity index (χ0n) is 13.2. The van der Waals surface area contributed by atoms with Gasteiger partial charge in [-0.2, -0.15) is 18.3 Å². The van der Waals surface area contributed by atoms with Crippen LogP contribution in [0.25, 0.3) is 16.9 Å². The first-order valence-corrected chi connectivity index (χ1v) is 8.22. The zero-order chi connectivity index (χ0) is 18.5. The lowest BCUT2D eigenvalue weighted by Crippen LogP contribution is -2.09. The summed E-state index contributed by atoms with van der Waals surface area (Å²) in [6.45, 7) is 0.589. The Bertz CT molecular complexity index is 995. The normalized spacial score (nSPS) is 13.6. The van der Waals surface area contributed by atoms with E-state index in [0.29, 0.717) is 30.0 Å². The third-order valence-corrected chi connectivity index (χ3v) is 4.60. The predicted molar refractivity (Wildman–Crippen MR) is 91.2 cm³/mol. The van der Waals surface area contributed by atoms with Crippen LogP contribution in [0, 0.1) is 5.82 Å². The van der Waals surface area contributed by atoms with E-state index in [9.17, 15) is 17.6 Å². The first-order valence-electron chi connectivity index (χ1n) is 7.84. The summed E-state index contributed by atoms with van der Waals surface area (Å²) in [5.74, 6) is 0.0893. The van der Waals surface area contributed by atoms with Crippen LogP contribution in [0.5, 0.6) is 0 Å². The number of benzene rings is 2. The molecule has 2 aromatic carbocycles. The van der Waals surface area contributed by atoms with Crippen LogP contribution in [-0.2, 0) is 12.6 Å². The van der Waals surface area contributed by atoms with Gasteiger partial charge in [0.05, 0.1) is 16.3 Å². The van der Waals surface area contributed by atoms with Gasteiger partial charge in [0.25, 0.3) is 0 Å². The van der Waals surface area contributed by atoms with Crippen molar-refractivity contribution in [2.75, 3.05) is 11.9 Å². The number of fused-ring (bicyclic) bond motifs is 1. The van der Waals surface area contributed by atoms with Crippen LogP contribution in [-0.4, -0.2) is 16.3 Å². The molecule has 1 aliphatic heterocycles. The number of hydrogen-bond donors (Lipinski definition) is 1. The van der Waals surface area contributed by atoms with Crippen molar-refractivity contribution >= 4 is 17.4 Å². The van der Waals surface area contributed by atoms with E-state index < -0.39 is 17.6 Å². The summed E-state index contributed by atoms with van der Waals surface area (Å²) >= 11 is 6.14. The second kappa shape index (κ2) is 6.02. The van der Waals surface area contributed by atoms with Gasteiger partial charge in [-0.05, 0) is 36.8 Å². The van der Waals surface area contributed by atoms with Crippen LogP contribution in [0.1, 0.15) is 11.1 Å². The number of anilines is 1. The van der Waals surface area contributed by atoms with E-state index in [1.54, 1.807) is 18.2 Å². The molecule has 0 saturated heterocycles. The van der Waals surface area contributed by atoms with E-state index in [0.717, 1.165) is 17.7 Å². The average Bonchev–Trinajstić information content (AvgIpc) is 3.18. The molecule has 4 rings (SSSR count). The molecule has 0 bridgehead atoms. The molecule has 1 N–H and O–H groups in total. The molecule has 0 saturated carbocycles. The topological polar surface area (TPSA) is 29.9 Å². The molecule has 0 spiro atoms. The van der Waals surface area contributed by atoms with Crippen molar-refractivity contribution in [1.29, 1.82) is 0 Å². The number of hydrogen-bond acceptors (Lipinski definition) is 2. The van der Waals surface area contributed by atoms with E-state index in [1.165, 1.54) is 16.8 Å². The minimum absolute atomic E-state index is 0.0923. The molecule has 1 aliphatic rings. The van der Waals surface area contributed by atoms with Crippen LogP contribution in [0.3, 0.4) is 0 Å². The summed E-state index contributed by atoms with van der Waals surface area (Å²) in [4.78, 5) is 0. The van der Waals surface area contributed by atoms with Gasteiger partial charge in [0, 0.05) is 17.7 Å².